The molecule has 8 heteroatoms. The van der Waals surface area contributed by atoms with Crippen LogP contribution in [0.5, 0.6) is 0 Å². The van der Waals surface area contributed by atoms with E-state index in [1.165, 1.54) is 16.7 Å². The highest BCUT2D eigenvalue weighted by Gasteiger charge is 2.58. The Morgan fingerprint density at radius 1 is 1.46 bits per heavy atom. The SMILES string of the molecule is CC(C)C[C@@]1(NC(=O)OC(C)(C)C)C[C@H]2SC[C@@H](C(=O)O)N2C1=O. The number of nitrogens with one attached hydrogen (secondary N) is 1. The second kappa shape index (κ2) is 6.46. The summed E-state index contributed by atoms with van der Waals surface area (Å²) in [5.74, 6) is -0.770. The molecule has 3 atom stereocenters. The fourth-order valence-electron chi connectivity index (χ4n) is 3.34. The van der Waals surface area contributed by atoms with Crippen molar-refractivity contribution in [1.82, 2.24) is 10.2 Å². The number of carboxylic acids is 1. The summed E-state index contributed by atoms with van der Waals surface area (Å²) in [6, 6.07) is -0.832. The van der Waals surface area contributed by atoms with Crippen molar-refractivity contribution in [3.63, 3.8) is 0 Å². The van der Waals surface area contributed by atoms with Crippen LogP contribution in [0.4, 0.5) is 4.79 Å². The molecule has 24 heavy (non-hydrogen) atoms. The zero-order valence-electron chi connectivity index (χ0n) is 14.8. The lowest BCUT2D eigenvalue weighted by molar-refractivity contribution is -0.148. The highest BCUT2D eigenvalue weighted by atomic mass is 32.2. The zero-order chi connectivity index (χ0) is 18.3. The lowest BCUT2D eigenvalue weighted by Crippen LogP contribution is -2.57. The summed E-state index contributed by atoms with van der Waals surface area (Å²) < 4.78 is 5.31. The Labute approximate surface area is 146 Å². The quantitative estimate of drug-likeness (QED) is 0.798. The number of carboxylic acid groups (broad SMARTS) is 1. The number of ether oxygens (including phenoxy) is 1. The molecule has 2 fully saturated rings. The van der Waals surface area contributed by atoms with Crippen LogP contribution >= 0.6 is 11.8 Å². The van der Waals surface area contributed by atoms with E-state index in [1.807, 2.05) is 13.8 Å². The molecule has 0 spiro atoms. The first-order valence-corrected chi connectivity index (χ1v) is 9.18. The third-order valence-electron chi connectivity index (χ3n) is 4.04. The molecule has 2 aliphatic heterocycles. The van der Waals surface area contributed by atoms with E-state index in [0.29, 0.717) is 18.6 Å². The molecular weight excluding hydrogens is 332 g/mol. The monoisotopic (exact) mass is 358 g/mol. The molecule has 2 amide bonds. The van der Waals surface area contributed by atoms with Crippen molar-refractivity contribution in [3.05, 3.63) is 0 Å². The normalized spacial score (nSPS) is 29.8. The minimum atomic E-state index is -1.09. The highest BCUT2D eigenvalue weighted by Crippen LogP contribution is 2.44. The lowest BCUT2D eigenvalue weighted by Gasteiger charge is -2.32. The summed E-state index contributed by atoms with van der Waals surface area (Å²) in [6.45, 7) is 9.21. The van der Waals surface area contributed by atoms with Gasteiger partial charge in [-0.15, -0.1) is 11.8 Å². The number of hydrogen-bond acceptors (Lipinski definition) is 5. The van der Waals surface area contributed by atoms with Crippen LogP contribution in [0.1, 0.15) is 47.5 Å². The predicted octanol–water partition coefficient (Wildman–Crippen LogP) is 2.05. The Hall–Kier alpha value is -1.44. The minimum Gasteiger partial charge on any atom is -0.480 e. The Morgan fingerprint density at radius 3 is 2.58 bits per heavy atom. The molecule has 0 aliphatic carbocycles. The summed E-state index contributed by atoms with van der Waals surface area (Å²) in [5.41, 5.74) is -1.76. The Morgan fingerprint density at radius 2 is 2.08 bits per heavy atom. The third-order valence-corrected chi connectivity index (χ3v) is 5.33. The number of nitrogens with zero attached hydrogens (tertiary/aromatic N) is 1. The van der Waals surface area contributed by atoms with Gasteiger partial charge in [0, 0.05) is 12.2 Å². The van der Waals surface area contributed by atoms with E-state index in [9.17, 15) is 19.5 Å². The van der Waals surface area contributed by atoms with Crippen molar-refractivity contribution >= 4 is 29.7 Å². The molecule has 2 aliphatic rings. The average Bonchev–Trinajstić information content (AvgIpc) is 2.86. The largest absolute Gasteiger partial charge is 0.480 e. The molecular formula is C16H26N2O5S. The van der Waals surface area contributed by atoms with Gasteiger partial charge >= 0.3 is 12.1 Å². The molecule has 0 bridgehead atoms. The van der Waals surface area contributed by atoms with Crippen LogP contribution in [0.25, 0.3) is 0 Å². The molecule has 136 valence electrons. The van der Waals surface area contributed by atoms with Gasteiger partial charge in [0.1, 0.15) is 17.2 Å². The van der Waals surface area contributed by atoms with Gasteiger partial charge in [0.25, 0.3) is 0 Å². The van der Waals surface area contributed by atoms with Gasteiger partial charge in [0.15, 0.2) is 0 Å². The Balaban J connectivity index is 2.25. The molecule has 2 heterocycles. The second-order valence-electron chi connectivity index (χ2n) is 7.87. The molecule has 0 aromatic heterocycles. The van der Waals surface area contributed by atoms with Gasteiger partial charge < -0.3 is 20.1 Å². The van der Waals surface area contributed by atoms with Crippen LogP contribution in [0, 0.1) is 5.92 Å². The fourth-order valence-corrected chi connectivity index (χ4v) is 4.85. The van der Waals surface area contributed by atoms with Crippen molar-refractivity contribution in [2.24, 2.45) is 5.92 Å². The van der Waals surface area contributed by atoms with Crippen LogP contribution in [0.2, 0.25) is 0 Å². The Kier molecular flexibility index (Phi) is 5.09. The van der Waals surface area contributed by atoms with E-state index in [-0.39, 0.29) is 17.2 Å². The molecule has 0 unspecified atom stereocenters. The van der Waals surface area contributed by atoms with Gasteiger partial charge in [0.2, 0.25) is 5.91 Å². The summed E-state index contributed by atoms with van der Waals surface area (Å²) in [7, 11) is 0. The molecule has 0 radical (unpaired) electrons. The van der Waals surface area contributed by atoms with Gasteiger partial charge in [-0.05, 0) is 33.1 Å². The van der Waals surface area contributed by atoms with E-state index in [0.717, 1.165) is 0 Å². The number of amides is 2. The van der Waals surface area contributed by atoms with Crippen LogP contribution < -0.4 is 5.32 Å². The van der Waals surface area contributed by atoms with Crippen LogP contribution in [0.15, 0.2) is 0 Å². The van der Waals surface area contributed by atoms with E-state index in [4.69, 9.17) is 4.74 Å². The first-order chi connectivity index (χ1) is 10.9. The van der Waals surface area contributed by atoms with Gasteiger partial charge in [-0.1, -0.05) is 13.8 Å². The molecule has 0 aromatic carbocycles. The van der Waals surface area contributed by atoms with Crippen LogP contribution in [-0.2, 0) is 14.3 Å². The fraction of sp³-hybridized carbons (Fsp3) is 0.812. The Bertz CT molecular complexity index is 545. The second-order valence-corrected chi connectivity index (χ2v) is 9.08. The molecule has 2 rings (SSSR count). The number of carbonyl (C=O) groups excluding carboxylic acids is 2. The van der Waals surface area contributed by atoms with Crippen molar-refractivity contribution in [2.75, 3.05) is 5.75 Å². The van der Waals surface area contributed by atoms with Gasteiger partial charge in [-0.25, -0.2) is 9.59 Å². The summed E-state index contributed by atoms with van der Waals surface area (Å²) >= 11 is 1.45. The van der Waals surface area contributed by atoms with Gasteiger partial charge in [0.05, 0.1) is 5.37 Å². The van der Waals surface area contributed by atoms with Crippen LogP contribution in [-0.4, -0.2) is 56.3 Å². The summed E-state index contributed by atoms with van der Waals surface area (Å²) in [4.78, 5) is 38.1. The van der Waals surface area contributed by atoms with Crippen molar-refractivity contribution in [1.29, 1.82) is 0 Å². The van der Waals surface area contributed by atoms with Gasteiger partial charge in [-0.2, -0.15) is 0 Å². The van der Waals surface area contributed by atoms with Gasteiger partial charge in [-0.3, -0.25) is 4.79 Å². The standard InChI is InChI=1S/C16H26N2O5S/c1-9(2)6-16(17-14(22)23-15(3,4)5)7-11-18(13(16)21)10(8-24-11)12(19)20/h9-11H,6-8H2,1-5H3,(H,17,22)(H,19,20)/t10-,11+,16+/m0/s1. The van der Waals surface area contributed by atoms with Crippen LogP contribution in [0.3, 0.4) is 0 Å². The maximum Gasteiger partial charge on any atom is 0.408 e. The maximum atomic E-state index is 13.0. The smallest absolute Gasteiger partial charge is 0.408 e. The number of hydrogen-bond donors (Lipinski definition) is 2. The van der Waals surface area contributed by atoms with Crippen molar-refractivity contribution in [2.45, 2.75) is 70.0 Å². The maximum absolute atomic E-state index is 13.0. The number of carbonyl (C=O) groups is 3. The first kappa shape index (κ1) is 18.9. The van der Waals surface area contributed by atoms with E-state index >= 15 is 0 Å². The topological polar surface area (TPSA) is 95.9 Å². The predicted molar refractivity (Wildman–Crippen MR) is 90.7 cm³/mol. The number of fused-ring (bicyclic) bond motifs is 1. The van der Waals surface area contributed by atoms with Crippen molar-refractivity contribution in [3.8, 4) is 0 Å². The first-order valence-electron chi connectivity index (χ1n) is 8.13. The number of aliphatic carboxylic acids is 1. The average molecular weight is 358 g/mol. The summed E-state index contributed by atoms with van der Waals surface area (Å²) in [6.07, 6.45) is 0.206. The van der Waals surface area contributed by atoms with Crippen molar-refractivity contribution < 1.29 is 24.2 Å². The molecule has 7 nitrogen and oxygen atoms in total. The zero-order valence-corrected chi connectivity index (χ0v) is 15.6. The molecule has 0 saturated carbocycles. The number of thioether (sulfide) groups is 1. The lowest BCUT2D eigenvalue weighted by atomic mass is 9.87. The number of alkyl carbamates (subject to hydrolysis) is 1. The van der Waals surface area contributed by atoms with E-state index < -0.39 is 29.2 Å². The highest BCUT2D eigenvalue weighted by molar-refractivity contribution is 8.00. The molecule has 0 aromatic rings. The minimum absolute atomic E-state index is 0.164. The van der Waals surface area contributed by atoms with E-state index in [2.05, 4.69) is 5.32 Å². The summed E-state index contributed by atoms with van der Waals surface area (Å²) in [5, 5.41) is 11.9. The number of rotatable bonds is 4. The molecule has 2 saturated heterocycles. The van der Waals surface area contributed by atoms with E-state index in [1.54, 1.807) is 20.8 Å². The molecule has 2 N–H and O–H groups in total. The third kappa shape index (κ3) is 3.79.